The number of nitrogens with zero attached hydrogens (tertiary/aromatic N) is 2. The van der Waals surface area contributed by atoms with Crippen LogP contribution in [0, 0.1) is 10.1 Å². The minimum absolute atomic E-state index is 0.127. The first-order chi connectivity index (χ1) is 12.0. The van der Waals surface area contributed by atoms with Gasteiger partial charge in [-0.25, -0.2) is 8.42 Å². The quantitative estimate of drug-likeness (QED) is 0.622. The summed E-state index contributed by atoms with van der Waals surface area (Å²) in [6.07, 6.45) is 2.24. The molecule has 3 heterocycles. The Morgan fingerprint density at radius 2 is 1.80 bits per heavy atom. The van der Waals surface area contributed by atoms with Gasteiger partial charge in [0.1, 0.15) is 13.2 Å². The van der Waals surface area contributed by atoms with Gasteiger partial charge in [0.2, 0.25) is 0 Å². The van der Waals surface area contributed by atoms with E-state index in [1.54, 1.807) is 0 Å². The molecule has 2 atom stereocenters. The highest BCUT2D eigenvalue weighted by Gasteiger charge is 2.45. The van der Waals surface area contributed by atoms with Gasteiger partial charge < -0.3 is 14.8 Å². The molecule has 0 amide bonds. The highest BCUT2D eigenvalue weighted by Crippen LogP contribution is 2.42. The lowest BCUT2D eigenvalue weighted by Crippen LogP contribution is -2.42. The van der Waals surface area contributed by atoms with Crippen molar-refractivity contribution < 1.29 is 22.8 Å². The van der Waals surface area contributed by atoms with Crippen molar-refractivity contribution in [1.29, 1.82) is 0 Å². The van der Waals surface area contributed by atoms with Crippen LogP contribution in [0.15, 0.2) is 17.0 Å². The molecule has 0 spiro atoms. The van der Waals surface area contributed by atoms with Gasteiger partial charge >= 0.3 is 0 Å². The van der Waals surface area contributed by atoms with Crippen LogP contribution in [0.2, 0.25) is 0 Å². The van der Waals surface area contributed by atoms with E-state index in [0.29, 0.717) is 13.0 Å². The largest absolute Gasteiger partial charge is 0.486 e. The predicted octanol–water partition coefficient (Wildman–Crippen LogP) is 0.881. The summed E-state index contributed by atoms with van der Waals surface area (Å²) in [7, 11) is -4.01. The molecule has 3 aliphatic rings. The number of rotatable bonds is 3. The van der Waals surface area contributed by atoms with E-state index in [1.807, 2.05) is 0 Å². The predicted molar refractivity (Wildman–Crippen MR) is 87.4 cm³/mol. The summed E-state index contributed by atoms with van der Waals surface area (Å²) < 4.78 is 38.9. The van der Waals surface area contributed by atoms with Crippen LogP contribution in [0.25, 0.3) is 0 Å². The van der Waals surface area contributed by atoms with E-state index >= 15 is 0 Å². The molecule has 4 rings (SSSR count). The van der Waals surface area contributed by atoms with Crippen LogP contribution in [-0.2, 0) is 10.0 Å². The molecule has 0 saturated carbocycles. The highest BCUT2D eigenvalue weighted by atomic mass is 32.2. The third-order valence-corrected chi connectivity index (χ3v) is 7.00. The number of hydrogen-bond acceptors (Lipinski definition) is 7. The highest BCUT2D eigenvalue weighted by molar-refractivity contribution is 7.89. The molecule has 2 bridgehead atoms. The SMILES string of the molecule is O=[N+]([O-])c1cc2c(cc1S(=O)(=O)N1C3CCNCC1CC3)OCCO2. The molecule has 2 unspecified atom stereocenters. The first kappa shape index (κ1) is 16.6. The van der Waals surface area contributed by atoms with Crippen LogP contribution in [0.4, 0.5) is 5.69 Å². The minimum atomic E-state index is -4.01. The van der Waals surface area contributed by atoms with Gasteiger partial charge in [-0.05, 0) is 25.8 Å². The van der Waals surface area contributed by atoms with Crippen LogP contribution in [0.1, 0.15) is 19.3 Å². The Balaban J connectivity index is 1.83. The second kappa shape index (κ2) is 6.11. The van der Waals surface area contributed by atoms with E-state index in [4.69, 9.17) is 9.47 Å². The fourth-order valence-electron chi connectivity index (χ4n) is 3.85. The number of sulfonamides is 1. The zero-order valence-electron chi connectivity index (χ0n) is 13.5. The third-order valence-electron chi connectivity index (χ3n) is 4.96. The van der Waals surface area contributed by atoms with Crippen LogP contribution in [0.5, 0.6) is 11.5 Å². The average molecular weight is 369 g/mol. The summed E-state index contributed by atoms with van der Waals surface area (Å²) in [5.74, 6) is 0.438. The van der Waals surface area contributed by atoms with Crippen LogP contribution in [0.3, 0.4) is 0 Å². The van der Waals surface area contributed by atoms with E-state index in [-0.39, 0.29) is 41.7 Å². The topological polar surface area (TPSA) is 111 Å². The summed E-state index contributed by atoms with van der Waals surface area (Å²) in [6.45, 7) is 1.87. The van der Waals surface area contributed by atoms with Crippen molar-refractivity contribution in [3.63, 3.8) is 0 Å². The standard InChI is InChI=1S/C15H19N3O6S/c19-18(20)12-7-13-14(24-6-5-23-13)8-15(12)25(21,22)17-10-1-2-11(17)9-16-4-3-10/h7-8,10-11,16H,1-6,9H2. The molecule has 136 valence electrons. The Kier molecular flexibility index (Phi) is 4.05. The van der Waals surface area contributed by atoms with E-state index in [9.17, 15) is 18.5 Å². The molecule has 2 saturated heterocycles. The summed E-state index contributed by atoms with van der Waals surface area (Å²) in [6, 6.07) is 2.09. The van der Waals surface area contributed by atoms with Crippen molar-refractivity contribution in [2.24, 2.45) is 0 Å². The van der Waals surface area contributed by atoms with E-state index in [0.717, 1.165) is 25.5 Å². The third kappa shape index (κ3) is 2.74. The van der Waals surface area contributed by atoms with E-state index in [1.165, 1.54) is 10.4 Å². The average Bonchev–Trinajstić information content (AvgIpc) is 2.87. The lowest BCUT2D eigenvalue weighted by molar-refractivity contribution is -0.388. The Labute approximate surface area is 145 Å². The summed E-state index contributed by atoms with van der Waals surface area (Å²) in [5.41, 5.74) is -0.471. The van der Waals surface area contributed by atoms with Gasteiger partial charge in [0.05, 0.1) is 11.0 Å². The number of ether oxygens (including phenoxy) is 2. The Morgan fingerprint density at radius 1 is 1.12 bits per heavy atom. The maximum atomic E-state index is 13.3. The fourth-order valence-corrected chi connectivity index (χ4v) is 5.91. The van der Waals surface area contributed by atoms with Gasteiger partial charge in [0.15, 0.2) is 16.4 Å². The van der Waals surface area contributed by atoms with Gasteiger partial charge in [-0.3, -0.25) is 10.1 Å². The van der Waals surface area contributed by atoms with Crippen LogP contribution in [-0.4, -0.2) is 56.0 Å². The maximum Gasteiger partial charge on any atom is 0.293 e. The molecule has 3 aliphatic heterocycles. The molecule has 0 aliphatic carbocycles. The molecule has 1 aromatic rings. The molecule has 1 aromatic carbocycles. The van der Waals surface area contributed by atoms with Crippen molar-refractivity contribution in [3.8, 4) is 11.5 Å². The Hall–Kier alpha value is -1.91. The van der Waals surface area contributed by atoms with E-state index < -0.39 is 20.6 Å². The lowest BCUT2D eigenvalue weighted by atomic mass is 10.1. The van der Waals surface area contributed by atoms with Gasteiger partial charge in [0, 0.05) is 24.7 Å². The fraction of sp³-hybridized carbons (Fsp3) is 0.600. The Morgan fingerprint density at radius 3 is 2.52 bits per heavy atom. The van der Waals surface area contributed by atoms with Crippen molar-refractivity contribution in [2.45, 2.75) is 36.2 Å². The molecule has 25 heavy (non-hydrogen) atoms. The van der Waals surface area contributed by atoms with Crippen LogP contribution < -0.4 is 14.8 Å². The zero-order valence-corrected chi connectivity index (χ0v) is 14.3. The van der Waals surface area contributed by atoms with Crippen LogP contribution >= 0.6 is 0 Å². The molecular weight excluding hydrogens is 350 g/mol. The van der Waals surface area contributed by atoms with Crippen molar-refractivity contribution in [2.75, 3.05) is 26.3 Å². The first-order valence-corrected chi connectivity index (χ1v) is 9.75. The van der Waals surface area contributed by atoms with Gasteiger partial charge in [-0.1, -0.05) is 0 Å². The summed E-state index contributed by atoms with van der Waals surface area (Å²) >= 11 is 0. The molecular formula is C15H19N3O6S. The Bertz CT molecular complexity index is 798. The van der Waals surface area contributed by atoms with Gasteiger partial charge in [0.25, 0.3) is 15.7 Å². The smallest absolute Gasteiger partial charge is 0.293 e. The van der Waals surface area contributed by atoms with Gasteiger partial charge in [-0.15, -0.1) is 0 Å². The number of fused-ring (bicyclic) bond motifs is 3. The normalized spacial score (nSPS) is 26.2. The van der Waals surface area contributed by atoms with Crippen molar-refractivity contribution in [3.05, 3.63) is 22.2 Å². The molecule has 9 nitrogen and oxygen atoms in total. The lowest BCUT2D eigenvalue weighted by Gasteiger charge is -2.27. The second-order valence-electron chi connectivity index (χ2n) is 6.43. The minimum Gasteiger partial charge on any atom is -0.486 e. The van der Waals surface area contributed by atoms with Crippen molar-refractivity contribution in [1.82, 2.24) is 9.62 Å². The summed E-state index contributed by atoms with van der Waals surface area (Å²) in [4.78, 5) is 10.5. The number of hydrogen-bond donors (Lipinski definition) is 1. The van der Waals surface area contributed by atoms with Crippen molar-refractivity contribution >= 4 is 15.7 Å². The monoisotopic (exact) mass is 369 g/mol. The number of nitrogens with one attached hydrogen (secondary N) is 1. The molecule has 0 aromatic heterocycles. The number of nitro benzene ring substituents is 1. The van der Waals surface area contributed by atoms with E-state index in [2.05, 4.69) is 5.32 Å². The maximum absolute atomic E-state index is 13.3. The molecule has 2 fully saturated rings. The number of benzene rings is 1. The zero-order chi connectivity index (χ0) is 17.6. The second-order valence-corrected chi connectivity index (χ2v) is 8.25. The molecule has 1 N–H and O–H groups in total. The van der Waals surface area contributed by atoms with Gasteiger partial charge in [-0.2, -0.15) is 4.31 Å². The first-order valence-electron chi connectivity index (χ1n) is 8.31. The molecule has 10 heteroatoms. The molecule has 0 radical (unpaired) electrons. The summed E-state index contributed by atoms with van der Waals surface area (Å²) in [5, 5.41) is 14.7. The number of nitro groups is 1.